The van der Waals surface area contributed by atoms with Crippen molar-refractivity contribution in [2.45, 2.75) is 33.3 Å². The first-order valence-corrected chi connectivity index (χ1v) is 7.83. The number of carbonyl (C=O) groups is 2. The summed E-state index contributed by atoms with van der Waals surface area (Å²) in [5, 5.41) is 2.70. The van der Waals surface area contributed by atoms with Crippen LogP contribution in [0.15, 0.2) is 42.9 Å². The largest absolute Gasteiger partial charge is 0.457 e. The summed E-state index contributed by atoms with van der Waals surface area (Å²) in [5.74, 6) is -0.279. The zero-order chi connectivity index (χ0) is 18.4. The zero-order valence-corrected chi connectivity index (χ0v) is 14.7. The van der Waals surface area contributed by atoms with Crippen molar-refractivity contribution in [3.05, 3.63) is 59.6 Å². The molecule has 0 aromatic carbocycles. The number of pyridine rings is 2. The summed E-state index contributed by atoms with van der Waals surface area (Å²) in [7, 11) is 0. The third-order valence-electron chi connectivity index (χ3n) is 2.98. The van der Waals surface area contributed by atoms with E-state index in [0.717, 1.165) is 11.1 Å². The van der Waals surface area contributed by atoms with E-state index in [1.165, 1.54) is 12.3 Å². The van der Waals surface area contributed by atoms with Gasteiger partial charge in [-0.15, -0.1) is 0 Å². The average Bonchev–Trinajstić information content (AvgIpc) is 2.52. The number of amides is 1. The molecule has 0 spiro atoms. The predicted molar refractivity (Wildman–Crippen MR) is 96.0 cm³/mol. The number of rotatable bonds is 4. The highest BCUT2D eigenvalue weighted by Gasteiger charge is 2.13. The van der Waals surface area contributed by atoms with E-state index in [0.29, 0.717) is 11.4 Å². The van der Waals surface area contributed by atoms with E-state index in [9.17, 15) is 9.59 Å². The Bertz CT molecular complexity index is 790. The van der Waals surface area contributed by atoms with Crippen LogP contribution < -0.4 is 5.32 Å². The Morgan fingerprint density at radius 1 is 1.16 bits per heavy atom. The van der Waals surface area contributed by atoms with E-state index in [1.807, 2.05) is 27.7 Å². The van der Waals surface area contributed by atoms with Gasteiger partial charge in [0.25, 0.3) is 5.91 Å². The molecule has 0 aliphatic rings. The summed E-state index contributed by atoms with van der Waals surface area (Å²) in [6, 6.07) is 5.16. The molecule has 1 N–H and O–H groups in total. The van der Waals surface area contributed by atoms with Gasteiger partial charge in [-0.3, -0.25) is 9.78 Å². The minimum atomic E-state index is -0.529. The van der Waals surface area contributed by atoms with Gasteiger partial charge in [-0.05, 0) is 63.1 Å². The van der Waals surface area contributed by atoms with Crippen LogP contribution in [0.25, 0.3) is 6.08 Å². The first-order chi connectivity index (χ1) is 11.7. The van der Waals surface area contributed by atoms with Crippen LogP contribution in [0.2, 0.25) is 0 Å². The van der Waals surface area contributed by atoms with E-state index in [4.69, 9.17) is 4.74 Å². The van der Waals surface area contributed by atoms with E-state index in [-0.39, 0.29) is 5.91 Å². The molecule has 0 aliphatic heterocycles. The lowest BCUT2D eigenvalue weighted by molar-refractivity contribution is -0.148. The van der Waals surface area contributed by atoms with Crippen LogP contribution in [0, 0.1) is 6.92 Å². The quantitative estimate of drug-likeness (QED) is 0.682. The molecule has 1 amide bonds. The molecule has 0 saturated heterocycles. The summed E-state index contributed by atoms with van der Waals surface area (Å²) < 4.78 is 5.19. The Hall–Kier alpha value is -3.02. The van der Waals surface area contributed by atoms with Gasteiger partial charge in [0.2, 0.25) is 0 Å². The molecule has 0 fully saturated rings. The molecular weight excluding hydrogens is 318 g/mol. The number of carbonyl (C=O) groups excluding carboxylic acids is 2. The number of aryl methyl sites for hydroxylation is 1. The topological polar surface area (TPSA) is 81.2 Å². The van der Waals surface area contributed by atoms with E-state index in [1.54, 1.807) is 36.7 Å². The van der Waals surface area contributed by atoms with Crippen LogP contribution >= 0.6 is 0 Å². The van der Waals surface area contributed by atoms with Crippen molar-refractivity contribution in [3.63, 3.8) is 0 Å². The maximum atomic E-state index is 12.1. The van der Waals surface area contributed by atoms with Crippen LogP contribution in [0.3, 0.4) is 0 Å². The fraction of sp³-hybridized carbons (Fsp3) is 0.263. The standard InChI is InChI=1S/C19H21N3O3/c1-13-9-15(12-20-10-13)18(24)22-16-7-5-14(11-21-16)6-8-17(23)25-19(2,3)4/h5-12H,1-4H3,(H,21,22,24)/b8-6+. The number of ether oxygens (including phenoxy) is 1. The fourth-order valence-corrected chi connectivity index (χ4v) is 1.95. The molecule has 6 heteroatoms. The molecule has 0 atom stereocenters. The Labute approximate surface area is 147 Å². The highest BCUT2D eigenvalue weighted by atomic mass is 16.6. The third kappa shape index (κ3) is 6.18. The molecule has 0 radical (unpaired) electrons. The summed E-state index contributed by atoms with van der Waals surface area (Å²) in [4.78, 5) is 31.9. The SMILES string of the molecule is Cc1cncc(C(=O)Nc2ccc(/C=C/C(=O)OC(C)(C)C)cn2)c1. The van der Waals surface area contributed by atoms with Gasteiger partial charge in [-0.1, -0.05) is 0 Å². The molecule has 25 heavy (non-hydrogen) atoms. The Kier molecular flexibility index (Phi) is 5.64. The van der Waals surface area contributed by atoms with E-state index < -0.39 is 11.6 Å². The average molecular weight is 339 g/mol. The van der Waals surface area contributed by atoms with Crippen molar-refractivity contribution in [2.24, 2.45) is 0 Å². The Balaban J connectivity index is 1.98. The maximum Gasteiger partial charge on any atom is 0.331 e. The summed E-state index contributed by atoms with van der Waals surface area (Å²) in [5.41, 5.74) is 1.57. The number of esters is 1. The number of hydrogen-bond donors (Lipinski definition) is 1. The van der Waals surface area contributed by atoms with Gasteiger partial charge in [0.05, 0.1) is 5.56 Å². The highest BCUT2D eigenvalue weighted by molar-refractivity contribution is 6.03. The van der Waals surface area contributed by atoms with Crippen molar-refractivity contribution in [1.29, 1.82) is 0 Å². The van der Waals surface area contributed by atoms with Gasteiger partial charge in [-0.2, -0.15) is 0 Å². The molecule has 130 valence electrons. The van der Waals surface area contributed by atoms with Crippen LogP contribution in [0.4, 0.5) is 5.82 Å². The zero-order valence-electron chi connectivity index (χ0n) is 14.7. The first-order valence-electron chi connectivity index (χ1n) is 7.83. The van der Waals surface area contributed by atoms with E-state index in [2.05, 4.69) is 15.3 Å². The number of nitrogens with zero attached hydrogens (tertiary/aromatic N) is 2. The molecule has 2 rings (SSSR count). The summed E-state index contributed by atoms with van der Waals surface area (Å²) in [6.07, 6.45) is 7.70. The smallest absolute Gasteiger partial charge is 0.331 e. The molecule has 2 heterocycles. The van der Waals surface area contributed by atoms with Crippen LogP contribution in [0.1, 0.15) is 42.3 Å². The molecule has 2 aromatic rings. The molecule has 6 nitrogen and oxygen atoms in total. The summed E-state index contributed by atoms with van der Waals surface area (Å²) >= 11 is 0. The minimum Gasteiger partial charge on any atom is -0.457 e. The number of nitrogens with one attached hydrogen (secondary N) is 1. The number of anilines is 1. The molecule has 0 unspecified atom stereocenters. The second-order valence-electron chi connectivity index (χ2n) is 6.55. The normalized spacial score (nSPS) is 11.4. The van der Waals surface area contributed by atoms with Crippen LogP contribution in [0.5, 0.6) is 0 Å². The van der Waals surface area contributed by atoms with Gasteiger partial charge in [0.15, 0.2) is 0 Å². The molecule has 0 saturated carbocycles. The van der Waals surface area contributed by atoms with E-state index >= 15 is 0 Å². The van der Waals surface area contributed by atoms with Gasteiger partial charge < -0.3 is 10.1 Å². The lowest BCUT2D eigenvalue weighted by Crippen LogP contribution is -2.22. The second-order valence-corrected chi connectivity index (χ2v) is 6.55. The monoisotopic (exact) mass is 339 g/mol. The second kappa shape index (κ2) is 7.70. The lowest BCUT2D eigenvalue weighted by Gasteiger charge is -2.17. The summed E-state index contributed by atoms with van der Waals surface area (Å²) in [6.45, 7) is 7.29. The molecule has 0 aliphatic carbocycles. The number of aromatic nitrogens is 2. The van der Waals surface area contributed by atoms with Crippen molar-refractivity contribution >= 4 is 23.8 Å². The fourth-order valence-electron chi connectivity index (χ4n) is 1.95. The van der Waals surface area contributed by atoms with Crippen molar-refractivity contribution in [1.82, 2.24) is 9.97 Å². The molecule has 2 aromatic heterocycles. The van der Waals surface area contributed by atoms with Gasteiger partial charge in [0.1, 0.15) is 11.4 Å². The molecular formula is C19H21N3O3. The maximum absolute atomic E-state index is 12.1. The lowest BCUT2D eigenvalue weighted by atomic mass is 10.2. The van der Waals surface area contributed by atoms with Crippen molar-refractivity contribution in [3.8, 4) is 0 Å². The Morgan fingerprint density at radius 2 is 1.92 bits per heavy atom. The predicted octanol–water partition coefficient (Wildman–Crippen LogP) is 3.39. The van der Waals surface area contributed by atoms with Crippen LogP contribution in [-0.4, -0.2) is 27.4 Å². The number of hydrogen-bond acceptors (Lipinski definition) is 5. The van der Waals surface area contributed by atoms with Crippen molar-refractivity contribution < 1.29 is 14.3 Å². The van der Waals surface area contributed by atoms with Gasteiger partial charge in [0, 0.05) is 24.7 Å². The first kappa shape index (κ1) is 18.3. The highest BCUT2D eigenvalue weighted by Crippen LogP contribution is 2.11. The van der Waals surface area contributed by atoms with Gasteiger partial charge in [-0.25, -0.2) is 9.78 Å². The van der Waals surface area contributed by atoms with Gasteiger partial charge >= 0.3 is 5.97 Å². The van der Waals surface area contributed by atoms with Crippen LogP contribution in [-0.2, 0) is 9.53 Å². The molecule has 0 bridgehead atoms. The van der Waals surface area contributed by atoms with Crippen molar-refractivity contribution in [2.75, 3.05) is 5.32 Å². The minimum absolute atomic E-state index is 0.277. The third-order valence-corrected chi connectivity index (χ3v) is 2.98. The Morgan fingerprint density at radius 3 is 2.52 bits per heavy atom.